The van der Waals surface area contributed by atoms with Gasteiger partial charge in [-0.2, -0.15) is 0 Å². The number of hydrogen-bond donors (Lipinski definition) is 2. The lowest BCUT2D eigenvalue weighted by Crippen LogP contribution is -2.42. The first-order chi connectivity index (χ1) is 14.1. The van der Waals surface area contributed by atoms with E-state index in [-0.39, 0.29) is 6.04 Å². The van der Waals surface area contributed by atoms with Crippen molar-refractivity contribution >= 4 is 17.3 Å². The molecule has 6 nitrogen and oxygen atoms in total. The summed E-state index contributed by atoms with van der Waals surface area (Å²) < 4.78 is 5.66. The van der Waals surface area contributed by atoms with Gasteiger partial charge < -0.3 is 15.4 Å². The van der Waals surface area contributed by atoms with Crippen molar-refractivity contribution in [3.8, 4) is 5.75 Å². The van der Waals surface area contributed by atoms with Crippen molar-refractivity contribution in [2.24, 2.45) is 4.99 Å². The Balaban J connectivity index is 1.74. The molecule has 0 aliphatic carbocycles. The molecule has 3 rings (SSSR count). The second-order valence-corrected chi connectivity index (χ2v) is 8.61. The van der Waals surface area contributed by atoms with E-state index in [1.54, 1.807) is 18.4 Å². The second-order valence-electron chi connectivity index (χ2n) is 7.32. The van der Waals surface area contributed by atoms with Crippen LogP contribution in [0.3, 0.4) is 0 Å². The van der Waals surface area contributed by atoms with Crippen LogP contribution in [-0.4, -0.2) is 49.1 Å². The van der Waals surface area contributed by atoms with Gasteiger partial charge in [0.2, 0.25) is 0 Å². The van der Waals surface area contributed by atoms with E-state index < -0.39 is 0 Å². The summed E-state index contributed by atoms with van der Waals surface area (Å²) in [6, 6.07) is 8.60. The van der Waals surface area contributed by atoms with Crippen LogP contribution in [0.25, 0.3) is 0 Å². The van der Waals surface area contributed by atoms with E-state index in [2.05, 4.69) is 46.5 Å². The number of aromatic nitrogens is 1. The first kappa shape index (κ1) is 21.6. The van der Waals surface area contributed by atoms with E-state index in [4.69, 9.17) is 9.73 Å². The zero-order valence-corrected chi connectivity index (χ0v) is 18.8. The van der Waals surface area contributed by atoms with Crippen molar-refractivity contribution in [2.75, 3.05) is 33.3 Å². The fraction of sp³-hybridized carbons (Fsp3) is 0.545. The number of rotatable bonds is 8. The highest BCUT2D eigenvalue weighted by molar-refractivity contribution is 7.11. The van der Waals surface area contributed by atoms with Gasteiger partial charge in [-0.1, -0.05) is 18.2 Å². The largest absolute Gasteiger partial charge is 0.496 e. The summed E-state index contributed by atoms with van der Waals surface area (Å²) in [6.07, 6.45) is 2.51. The molecule has 0 saturated carbocycles. The van der Waals surface area contributed by atoms with Crippen molar-refractivity contribution < 1.29 is 4.74 Å². The Bertz CT molecular complexity index is 813. The predicted molar refractivity (Wildman–Crippen MR) is 121 cm³/mol. The molecule has 0 bridgehead atoms. The molecule has 1 atom stereocenters. The molecule has 7 heteroatoms. The van der Waals surface area contributed by atoms with Gasteiger partial charge in [-0.15, -0.1) is 11.3 Å². The maximum atomic E-state index is 5.66. The number of nitrogens with zero attached hydrogens (tertiary/aromatic N) is 3. The lowest BCUT2D eigenvalue weighted by atomic mass is 10.0. The fourth-order valence-electron chi connectivity index (χ4n) is 3.84. The molecule has 0 radical (unpaired) electrons. The van der Waals surface area contributed by atoms with Gasteiger partial charge in [0.1, 0.15) is 5.75 Å². The van der Waals surface area contributed by atoms with Gasteiger partial charge in [-0.05, 0) is 52.8 Å². The van der Waals surface area contributed by atoms with Gasteiger partial charge in [-0.25, -0.2) is 9.98 Å². The molecule has 1 saturated heterocycles. The first-order valence-electron chi connectivity index (χ1n) is 10.4. The van der Waals surface area contributed by atoms with Crippen LogP contribution in [0.1, 0.15) is 46.9 Å². The highest BCUT2D eigenvalue weighted by atomic mass is 32.1. The third-order valence-electron chi connectivity index (χ3n) is 5.27. The molecule has 2 heterocycles. The van der Waals surface area contributed by atoms with Crippen molar-refractivity contribution in [2.45, 2.75) is 46.2 Å². The molecule has 1 fully saturated rings. The smallest absolute Gasteiger partial charge is 0.191 e. The number of ether oxygens (including phenoxy) is 1. The van der Waals surface area contributed by atoms with Crippen LogP contribution in [0, 0.1) is 13.8 Å². The number of guanidine groups is 1. The molecular formula is C22H33N5OS. The highest BCUT2D eigenvalue weighted by Gasteiger charge is 2.26. The Morgan fingerprint density at radius 2 is 2.00 bits per heavy atom. The van der Waals surface area contributed by atoms with Crippen LogP contribution in [-0.2, 0) is 6.54 Å². The van der Waals surface area contributed by atoms with Crippen LogP contribution < -0.4 is 15.4 Å². The van der Waals surface area contributed by atoms with Gasteiger partial charge in [0.05, 0.1) is 30.4 Å². The van der Waals surface area contributed by atoms with E-state index in [9.17, 15) is 0 Å². The summed E-state index contributed by atoms with van der Waals surface area (Å²) in [4.78, 5) is 13.1. The standard InChI is InChI=1S/C22H33N5OS/c1-5-23-22(25-15-21-16(2)26-17(3)29-21)24-14-19(27-12-8-9-13-27)18-10-6-7-11-20(18)28-4/h6-7,10-11,19H,5,8-9,12-15H2,1-4H3,(H2,23,24,25). The van der Waals surface area contributed by atoms with Crippen molar-refractivity contribution in [3.63, 3.8) is 0 Å². The Hall–Kier alpha value is -2.12. The Morgan fingerprint density at radius 1 is 1.24 bits per heavy atom. The van der Waals surface area contributed by atoms with Gasteiger partial charge in [0.15, 0.2) is 5.96 Å². The molecule has 0 spiro atoms. The van der Waals surface area contributed by atoms with Gasteiger partial charge in [0, 0.05) is 23.5 Å². The first-order valence-corrected chi connectivity index (χ1v) is 11.3. The molecule has 2 N–H and O–H groups in total. The summed E-state index contributed by atoms with van der Waals surface area (Å²) in [6.45, 7) is 10.7. The number of thiazole rings is 1. The van der Waals surface area contributed by atoms with Gasteiger partial charge in [0.25, 0.3) is 0 Å². The van der Waals surface area contributed by atoms with Crippen LogP contribution in [0.5, 0.6) is 5.75 Å². The van der Waals surface area contributed by atoms with Crippen LogP contribution >= 0.6 is 11.3 Å². The number of likely N-dealkylation sites (tertiary alicyclic amines) is 1. The van der Waals surface area contributed by atoms with E-state index in [0.717, 1.165) is 48.6 Å². The third kappa shape index (κ3) is 5.70. The van der Waals surface area contributed by atoms with Crippen molar-refractivity contribution in [1.82, 2.24) is 20.5 Å². The zero-order chi connectivity index (χ0) is 20.6. The van der Waals surface area contributed by atoms with E-state index >= 15 is 0 Å². The SMILES string of the molecule is CCNC(=NCc1sc(C)nc1C)NCC(c1ccccc1OC)N1CCCC1. The van der Waals surface area contributed by atoms with E-state index in [1.165, 1.54) is 23.3 Å². The Morgan fingerprint density at radius 3 is 2.66 bits per heavy atom. The molecule has 1 aliphatic heterocycles. The average molecular weight is 416 g/mol. The number of aryl methyl sites for hydroxylation is 2. The van der Waals surface area contributed by atoms with Gasteiger partial charge >= 0.3 is 0 Å². The lowest BCUT2D eigenvalue weighted by Gasteiger charge is -2.30. The Kier molecular flexibility index (Phi) is 7.89. The molecule has 29 heavy (non-hydrogen) atoms. The minimum atomic E-state index is 0.255. The topological polar surface area (TPSA) is 61.8 Å². The van der Waals surface area contributed by atoms with E-state index in [1.807, 2.05) is 19.1 Å². The number of nitrogens with one attached hydrogen (secondary N) is 2. The zero-order valence-electron chi connectivity index (χ0n) is 18.0. The molecule has 1 aromatic heterocycles. The number of benzene rings is 1. The Labute approximate surface area is 178 Å². The molecular weight excluding hydrogens is 382 g/mol. The average Bonchev–Trinajstić information content (AvgIpc) is 3.36. The third-order valence-corrected chi connectivity index (χ3v) is 6.32. The lowest BCUT2D eigenvalue weighted by molar-refractivity contribution is 0.239. The monoisotopic (exact) mass is 415 g/mol. The molecule has 1 unspecified atom stereocenters. The summed E-state index contributed by atoms with van der Waals surface area (Å²) in [5.74, 6) is 1.79. The quantitative estimate of drug-likeness (QED) is 0.509. The molecule has 0 amide bonds. The minimum Gasteiger partial charge on any atom is -0.496 e. The number of hydrogen-bond acceptors (Lipinski definition) is 5. The van der Waals surface area contributed by atoms with Crippen LogP contribution in [0.4, 0.5) is 0 Å². The number of aliphatic imine (C=N–C) groups is 1. The predicted octanol–water partition coefficient (Wildman–Crippen LogP) is 3.66. The highest BCUT2D eigenvalue weighted by Crippen LogP contribution is 2.31. The van der Waals surface area contributed by atoms with Crippen LogP contribution in [0.15, 0.2) is 29.3 Å². The summed E-state index contributed by atoms with van der Waals surface area (Å²) in [5, 5.41) is 8.04. The molecule has 1 aromatic carbocycles. The summed E-state index contributed by atoms with van der Waals surface area (Å²) in [5.41, 5.74) is 2.31. The normalized spacial score (nSPS) is 16.1. The maximum Gasteiger partial charge on any atom is 0.191 e. The fourth-order valence-corrected chi connectivity index (χ4v) is 4.70. The maximum absolute atomic E-state index is 5.66. The summed E-state index contributed by atoms with van der Waals surface area (Å²) in [7, 11) is 1.75. The van der Waals surface area contributed by atoms with Crippen molar-refractivity contribution in [3.05, 3.63) is 45.4 Å². The molecule has 158 valence electrons. The van der Waals surface area contributed by atoms with Crippen LogP contribution in [0.2, 0.25) is 0 Å². The number of para-hydroxylation sites is 1. The van der Waals surface area contributed by atoms with E-state index in [0.29, 0.717) is 6.54 Å². The molecule has 2 aromatic rings. The second kappa shape index (κ2) is 10.6. The molecule has 1 aliphatic rings. The minimum absolute atomic E-state index is 0.255. The van der Waals surface area contributed by atoms with Gasteiger partial charge in [-0.3, -0.25) is 4.90 Å². The number of methoxy groups -OCH3 is 1. The summed E-state index contributed by atoms with van der Waals surface area (Å²) >= 11 is 1.72. The van der Waals surface area contributed by atoms with Crippen molar-refractivity contribution in [1.29, 1.82) is 0 Å².